The number of ether oxygens (including phenoxy) is 1. The SMILES string of the molecule is C=CCN1C(=O)/C(=C/c2ccccc2Cl)C(C(=O)OC)=C1C. The minimum atomic E-state index is -0.546. The normalized spacial score (nSPS) is 16.4. The first-order chi connectivity index (χ1) is 10.5. The van der Waals surface area contributed by atoms with Gasteiger partial charge in [-0.1, -0.05) is 35.9 Å². The third-order valence-electron chi connectivity index (χ3n) is 3.42. The first-order valence-corrected chi connectivity index (χ1v) is 7.07. The van der Waals surface area contributed by atoms with Crippen LogP contribution in [0, 0.1) is 0 Å². The average molecular weight is 318 g/mol. The average Bonchev–Trinajstić information content (AvgIpc) is 2.74. The van der Waals surface area contributed by atoms with Crippen LogP contribution in [-0.2, 0) is 14.3 Å². The number of hydrogen-bond donors (Lipinski definition) is 0. The molecule has 2 rings (SSSR count). The lowest BCUT2D eigenvalue weighted by molar-refractivity contribution is -0.136. The van der Waals surface area contributed by atoms with E-state index in [1.807, 2.05) is 6.07 Å². The van der Waals surface area contributed by atoms with E-state index in [0.29, 0.717) is 22.8 Å². The monoisotopic (exact) mass is 317 g/mol. The molecule has 1 aliphatic rings. The summed E-state index contributed by atoms with van der Waals surface area (Å²) in [7, 11) is 1.29. The van der Waals surface area contributed by atoms with Gasteiger partial charge in [-0.3, -0.25) is 4.79 Å². The van der Waals surface area contributed by atoms with Crippen LogP contribution in [-0.4, -0.2) is 30.4 Å². The van der Waals surface area contributed by atoms with E-state index >= 15 is 0 Å². The van der Waals surface area contributed by atoms with Gasteiger partial charge in [0.25, 0.3) is 5.91 Å². The zero-order chi connectivity index (χ0) is 16.3. The maximum absolute atomic E-state index is 12.6. The van der Waals surface area contributed by atoms with E-state index in [0.717, 1.165) is 0 Å². The second kappa shape index (κ2) is 6.62. The molecule has 4 nitrogen and oxygen atoms in total. The number of nitrogens with zero attached hydrogens (tertiary/aromatic N) is 1. The van der Waals surface area contributed by atoms with Gasteiger partial charge < -0.3 is 9.64 Å². The Labute approximate surface area is 134 Å². The summed E-state index contributed by atoms with van der Waals surface area (Å²) in [4.78, 5) is 26.1. The van der Waals surface area contributed by atoms with Gasteiger partial charge >= 0.3 is 5.97 Å². The van der Waals surface area contributed by atoms with Crippen molar-refractivity contribution < 1.29 is 14.3 Å². The van der Waals surface area contributed by atoms with Gasteiger partial charge in [0, 0.05) is 17.3 Å². The second-order valence-electron chi connectivity index (χ2n) is 4.74. The van der Waals surface area contributed by atoms with Crippen molar-refractivity contribution in [3.63, 3.8) is 0 Å². The van der Waals surface area contributed by atoms with Crippen LogP contribution in [0.1, 0.15) is 12.5 Å². The fourth-order valence-electron chi connectivity index (χ4n) is 2.32. The molecule has 1 aromatic rings. The maximum Gasteiger partial charge on any atom is 0.340 e. The van der Waals surface area contributed by atoms with E-state index in [4.69, 9.17) is 16.3 Å². The highest BCUT2D eigenvalue weighted by molar-refractivity contribution is 6.32. The zero-order valence-corrected chi connectivity index (χ0v) is 13.2. The molecule has 1 aliphatic heterocycles. The molecule has 0 saturated heterocycles. The quantitative estimate of drug-likeness (QED) is 0.487. The van der Waals surface area contributed by atoms with Gasteiger partial charge in [0.2, 0.25) is 0 Å². The molecule has 1 aromatic carbocycles. The van der Waals surface area contributed by atoms with Crippen LogP contribution in [0.4, 0.5) is 0 Å². The number of hydrogen-bond acceptors (Lipinski definition) is 3. The van der Waals surface area contributed by atoms with Gasteiger partial charge in [-0.2, -0.15) is 0 Å². The van der Waals surface area contributed by atoms with Crippen LogP contribution >= 0.6 is 11.6 Å². The maximum atomic E-state index is 12.6. The third-order valence-corrected chi connectivity index (χ3v) is 3.76. The van der Waals surface area contributed by atoms with Crippen LogP contribution in [0.3, 0.4) is 0 Å². The Kier molecular flexibility index (Phi) is 4.83. The van der Waals surface area contributed by atoms with Crippen molar-refractivity contribution in [2.75, 3.05) is 13.7 Å². The molecule has 0 N–H and O–H groups in total. The van der Waals surface area contributed by atoms with Gasteiger partial charge in [0.15, 0.2) is 0 Å². The first-order valence-electron chi connectivity index (χ1n) is 6.69. The lowest BCUT2D eigenvalue weighted by atomic mass is 10.0. The van der Waals surface area contributed by atoms with E-state index < -0.39 is 5.97 Å². The van der Waals surface area contributed by atoms with Crippen molar-refractivity contribution in [1.82, 2.24) is 4.90 Å². The van der Waals surface area contributed by atoms with E-state index in [-0.39, 0.29) is 17.1 Å². The molecule has 114 valence electrons. The minimum absolute atomic E-state index is 0.259. The molecule has 1 amide bonds. The minimum Gasteiger partial charge on any atom is -0.465 e. The van der Waals surface area contributed by atoms with Crippen molar-refractivity contribution >= 4 is 29.6 Å². The second-order valence-corrected chi connectivity index (χ2v) is 5.14. The van der Waals surface area contributed by atoms with Gasteiger partial charge in [0.05, 0.1) is 18.3 Å². The summed E-state index contributed by atoms with van der Waals surface area (Å²) in [5, 5.41) is 0.506. The van der Waals surface area contributed by atoms with E-state index in [1.54, 1.807) is 37.3 Å². The van der Waals surface area contributed by atoms with Crippen LogP contribution in [0.2, 0.25) is 5.02 Å². The van der Waals surface area contributed by atoms with Crippen molar-refractivity contribution in [2.24, 2.45) is 0 Å². The van der Waals surface area contributed by atoms with Crippen LogP contribution in [0.25, 0.3) is 6.08 Å². The Morgan fingerprint density at radius 2 is 2.09 bits per heavy atom. The number of halogens is 1. The molecule has 22 heavy (non-hydrogen) atoms. The molecule has 1 heterocycles. The predicted octanol–water partition coefficient (Wildman–Crippen LogP) is 3.20. The Bertz CT molecular complexity index is 704. The summed E-state index contributed by atoms with van der Waals surface area (Å²) < 4.78 is 4.80. The van der Waals surface area contributed by atoms with E-state index in [2.05, 4.69) is 6.58 Å². The van der Waals surface area contributed by atoms with Crippen molar-refractivity contribution in [3.8, 4) is 0 Å². The first kappa shape index (κ1) is 16.0. The van der Waals surface area contributed by atoms with Crippen LogP contribution in [0.5, 0.6) is 0 Å². The standard InChI is InChI=1S/C17H16ClNO3/c1-4-9-19-11(2)15(17(21)22-3)13(16(19)20)10-12-7-5-6-8-14(12)18/h4-8,10H,1,9H2,2-3H3/b13-10+. The molecule has 0 aromatic heterocycles. The molecule has 0 bridgehead atoms. The number of carbonyl (C=O) groups excluding carboxylic acids is 2. The van der Waals surface area contributed by atoms with Crippen molar-refractivity contribution in [2.45, 2.75) is 6.92 Å². The fraction of sp³-hybridized carbons (Fsp3) is 0.176. The largest absolute Gasteiger partial charge is 0.465 e. The molecular weight excluding hydrogens is 302 g/mol. The van der Waals surface area contributed by atoms with Gasteiger partial charge in [-0.15, -0.1) is 6.58 Å². The fourth-order valence-corrected chi connectivity index (χ4v) is 2.52. The Hall–Kier alpha value is -2.33. The smallest absolute Gasteiger partial charge is 0.340 e. The molecule has 0 fully saturated rings. The highest BCUT2D eigenvalue weighted by atomic mass is 35.5. The number of allylic oxidation sites excluding steroid dienone is 1. The molecule has 0 unspecified atom stereocenters. The number of esters is 1. The molecule has 0 atom stereocenters. The topological polar surface area (TPSA) is 46.6 Å². The lowest BCUT2D eigenvalue weighted by Crippen LogP contribution is -2.25. The summed E-state index contributed by atoms with van der Waals surface area (Å²) in [5.41, 5.74) is 1.76. The highest BCUT2D eigenvalue weighted by Gasteiger charge is 2.36. The third kappa shape index (κ3) is 2.83. The highest BCUT2D eigenvalue weighted by Crippen LogP contribution is 2.32. The van der Waals surface area contributed by atoms with Gasteiger partial charge in [-0.25, -0.2) is 4.79 Å². The number of rotatable bonds is 4. The summed E-state index contributed by atoms with van der Waals surface area (Å²) in [6.45, 7) is 5.67. The lowest BCUT2D eigenvalue weighted by Gasteiger charge is -2.14. The van der Waals surface area contributed by atoms with Crippen molar-refractivity contribution in [3.05, 3.63) is 64.3 Å². The molecule has 0 radical (unpaired) electrons. The molecule has 0 aliphatic carbocycles. The zero-order valence-electron chi connectivity index (χ0n) is 12.4. The van der Waals surface area contributed by atoms with Gasteiger partial charge in [-0.05, 0) is 24.6 Å². The van der Waals surface area contributed by atoms with E-state index in [9.17, 15) is 9.59 Å². The number of methoxy groups -OCH3 is 1. The Balaban J connectivity index is 2.58. The summed E-state index contributed by atoms with van der Waals surface area (Å²) >= 11 is 6.13. The van der Waals surface area contributed by atoms with Crippen LogP contribution in [0.15, 0.2) is 53.8 Å². The number of benzene rings is 1. The van der Waals surface area contributed by atoms with Crippen molar-refractivity contribution in [1.29, 1.82) is 0 Å². The summed E-state index contributed by atoms with van der Waals surface area (Å²) in [6, 6.07) is 7.12. The molecular formula is C17H16ClNO3. The Morgan fingerprint density at radius 1 is 1.41 bits per heavy atom. The predicted molar refractivity (Wildman–Crippen MR) is 86.1 cm³/mol. The van der Waals surface area contributed by atoms with Crippen LogP contribution < -0.4 is 0 Å². The van der Waals surface area contributed by atoms with E-state index in [1.165, 1.54) is 12.0 Å². The molecule has 0 spiro atoms. The summed E-state index contributed by atoms with van der Waals surface area (Å²) in [5.74, 6) is -0.812. The summed E-state index contributed by atoms with van der Waals surface area (Å²) in [6.07, 6.45) is 3.22. The Morgan fingerprint density at radius 3 is 2.68 bits per heavy atom. The number of amides is 1. The molecule has 0 saturated carbocycles. The number of carbonyl (C=O) groups is 2. The molecule has 5 heteroatoms. The van der Waals surface area contributed by atoms with Gasteiger partial charge in [0.1, 0.15) is 0 Å².